The van der Waals surface area contributed by atoms with Gasteiger partial charge in [0.1, 0.15) is 11.6 Å². The van der Waals surface area contributed by atoms with E-state index < -0.39 is 0 Å². The van der Waals surface area contributed by atoms with E-state index in [1.165, 1.54) is 16.7 Å². The second-order valence-corrected chi connectivity index (χ2v) is 7.69. The minimum atomic E-state index is 0.320. The fraction of sp³-hybridized carbons (Fsp3) is 0.440. The maximum Gasteiger partial charge on any atom is 0.137 e. The molecule has 0 spiro atoms. The van der Waals surface area contributed by atoms with Crippen molar-refractivity contribution in [3.63, 3.8) is 0 Å². The lowest BCUT2D eigenvalue weighted by molar-refractivity contribution is -0.120. The number of hydrogen-bond acceptors (Lipinski definition) is 2. The molecular weight excluding hydrogens is 332 g/mol. The van der Waals surface area contributed by atoms with E-state index in [1.807, 2.05) is 6.07 Å². The molecule has 0 amide bonds. The number of hydrogen-bond donors (Lipinski definition) is 0. The summed E-state index contributed by atoms with van der Waals surface area (Å²) in [4.78, 5) is 24.5. The Morgan fingerprint density at radius 3 is 1.67 bits per heavy atom. The van der Waals surface area contributed by atoms with Gasteiger partial charge in [-0.05, 0) is 54.4 Å². The fourth-order valence-electron chi connectivity index (χ4n) is 4.00. The van der Waals surface area contributed by atoms with Gasteiger partial charge < -0.3 is 0 Å². The standard InChI is InChI=1S/C25H30O2/c26-22-14-3-1-2-4-16-23(27)19-21-13-7-10-18-25(21)24-17-9-6-12-20(24)11-5-8-15-22/h6-7,9-10,12-13,17-18H,1-5,8,11,14-16,19H2. The van der Waals surface area contributed by atoms with Crippen LogP contribution in [0.25, 0.3) is 11.1 Å². The highest BCUT2D eigenvalue weighted by atomic mass is 16.1. The zero-order valence-corrected chi connectivity index (χ0v) is 16.2. The van der Waals surface area contributed by atoms with Crippen LogP contribution in [-0.2, 0) is 22.4 Å². The summed E-state index contributed by atoms with van der Waals surface area (Å²) >= 11 is 0. The van der Waals surface area contributed by atoms with Crippen molar-refractivity contribution in [2.45, 2.75) is 70.6 Å². The van der Waals surface area contributed by atoms with Crippen molar-refractivity contribution in [1.29, 1.82) is 0 Å². The van der Waals surface area contributed by atoms with Crippen molar-refractivity contribution in [2.24, 2.45) is 0 Å². The monoisotopic (exact) mass is 362 g/mol. The third kappa shape index (κ3) is 5.89. The minimum Gasteiger partial charge on any atom is -0.300 e. The largest absolute Gasteiger partial charge is 0.300 e. The summed E-state index contributed by atoms with van der Waals surface area (Å²) in [6.45, 7) is 0. The van der Waals surface area contributed by atoms with Crippen LogP contribution in [0.15, 0.2) is 48.5 Å². The Kier molecular flexibility index (Phi) is 7.38. The Labute approximate surface area is 163 Å². The van der Waals surface area contributed by atoms with E-state index in [4.69, 9.17) is 0 Å². The molecule has 27 heavy (non-hydrogen) atoms. The lowest BCUT2D eigenvalue weighted by Gasteiger charge is -2.14. The summed E-state index contributed by atoms with van der Waals surface area (Å²) in [6.07, 6.45) is 9.55. The highest BCUT2D eigenvalue weighted by molar-refractivity contribution is 5.84. The number of carbonyl (C=O) groups is 2. The van der Waals surface area contributed by atoms with Crippen molar-refractivity contribution >= 4 is 11.6 Å². The molecule has 142 valence electrons. The predicted molar refractivity (Wildman–Crippen MR) is 111 cm³/mol. The van der Waals surface area contributed by atoms with Gasteiger partial charge in [0.25, 0.3) is 0 Å². The second-order valence-electron chi connectivity index (χ2n) is 7.69. The van der Waals surface area contributed by atoms with Gasteiger partial charge in [-0.3, -0.25) is 9.59 Å². The molecule has 1 aliphatic carbocycles. The predicted octanol–water partition coefficient (Wildman–Crippen LogP) is 6.10. The molecule has 0 unspecified atom stereocenters. The Hall–Kier alpha value is -2.22. The first-order chi connectivity index (χ1) is 13.2. The lowest BCUT2D eigenvalue weighted by Crippen LogP contribution is -2.04. The van der Waals surface area contributed by atoms with Crippen molar-refractivity contribution in [1.82, 2.24) is 0 Å². The topological polar surface area (TPSA) is 34.1 Å². The van der Waals surface area contributed by atoms with Crippen LogP contribution in [0.4, 0.5) is 0 Å². The fourth-order valence-corrected chi connectivity index (χ4v) is 4.00. The van der Waals surface area contributed by atoms with E-state index in [2.05, 4.69) is 42.5 Å². The van der Waals surface area contributed by atoms with E-state index in [0.29, 0.717) is 37.2 Å². The summed E-state index contributed by atoms with van der Waals surface area (Å²) in [5, 5.41) is 0. The molecule has 0 saturated heterocycles. The van der Waals surface area contributed by atoms with Gasteiger partial charge >= 0.3 is 0 Å². The van der Waals surface area contributed by atoms with Crippen molar-refractivity contribution in [3.05, 3.63) is 59.7 Å². The number of aryl methyl sites for hydroxylation is 1. The number of fused-ring (bicyclic) bond motifs is 3. The molecule has 0 saturated carbocycles. The lowest BCUT2D eigenvalue weighted by atomic mass is 9.90. The smallest absolute Gasteiger partial charge is 0.137 e. The average molecular weight is 363 g/mol. The molecule has 0 bridgehead atoms. The van der Waals surface area contributed by atoms with Gasteiger partial charge in [0.2, 0.25) is 0 Å². The first-order valence-electron chi connectivity index (χ1n) is 10.4. The van der Waals surface area contributed by atoms with E-state index in [0.717, 1.165) is 50.5 Å². The molecule has 1 aliphatic rings. The summed E-state index contributed by atoms with van der Waals surface area (Å²) in [7, 11) is 0. The highest BCUT2D eigenvalue weighted by Gasteiger charge is 2.13. The third-order valence-electron chi connectivity index (χ3n) is 5.53. The normalized spacial score (nSPS) is 17.6. The zero-order chi connectivity index (χ0) is 18.9. The molecule has 2 nitrogen and oxygen atoms in total. The highest BCUT2D eigenvalue weighted by Crippen LogP contribution is 2.29. The molecule has 2 aromatic carbocycles. The van der Waals surface area contributed by atoms with Crippen LogP contribution in [0.3, 0.4) is 0 Å². The summed E-state index contributed by atoms with van der Waals surface area (Å²) < 4.78 is 0. The molecule has 0 atom stereocenters. The quantitative estimate of drug-likeness (QED) is 0.567. The minimum absolute atomic E-state index is 0.320. The van der Waals surface area contributed by atoms with Gasteiger partial charge in [0.15, 0.2) is 0 Å². The summed E-state index contributed by atoms with van der Waals surface area (Å²) in [6, 6.07) is 16.8. The number of Topliss-reactive ketones (excluding diaryl/α,β-unsaturated/α-hetero) is 2. The van der Waals surface area contributed by atoms with Gasteiger partial charge in [0, 0.05) is 25.7 Å². The van der Waals surface area contributed by atoms with Crippen molar-refractivity contribution in [3.8, 4) is 11.1 Å². The third-order valence-corrected chi connectivity index (χ3v) is 5.53. The molecule has 0 N–H and O–H groups in total. The van der Waals surface area contributed by atoms with E-state index in [1.54, 1.807) is 0 Å². The summed E-state index contributed by atoms with van der Waals surface area (Å²) in [5.74, 6) is 0.717. The van der Waals surface area contributed by atoms with Crippen LogP contribution in [0.5, 0.6) is 0 Å². The van der Waals surface area contributed by atoms with Crippen LogP contribution in [0.1, 0.15) is 68.9 Å². The van der Waals surface area contributed by atoms with Gasteiger partial charge in [0.05, 0.1) is 0 Å². The SMILES string of the molecule is O=C1CCCCCCC(=O)Cc2ccccc2-c2ccccc2CCCC1. The van der Waals surface area contributed by atoms with Crippen LogP contribution in [-0.4, -0.2) is 11.6 Å². The first kappa shape index (κ1) is 19.5. The van der Waals surface area contributed by atoms with Gasteiger partial charge in [-0.25, -0.2) is 0 Å². The number of ketones is 2. The van der Waals surface area contributed by atoms with Gasteiger partial charge in [-0.15, -0.1) is 0 Å². The number of carbonyl (C=O) groups excluding carboxylic acids is 2. The molecule has 0 aliphatic heterocycles. The molecule has 0 aromatic heterocycles. The van der Waals surface area contributed by atoms with Gasteiger partial charge in [-0.2, -0.15) is 0 Å². The van der Waals surface area contributed by atoms with Crippen LogP contribution >= 0.6 is 0 Å². The van der Waals surface area contributed by atoms with E-state index in [9.17, 15) is 9.59 Å². The van der Waals surface area contributed by atoms with Crippen LogP contribution in [0, 0.1) is 0 Å². The van der Waals surface area contributed by atoms with Gasteiger partial charge in [-0.1, -0.05) is 61.4 Å². The zero-order valence-electron chi connectivity index (χ0n) is 16.2. The summed E-state index contributed by atoms with van der Waals surface area (Å²) in [5.41, 5.74) is 4.86. The van der Waals surface area contributed by atoms with E-state index >= 15 is 0 Å². The number of benzene rings is 2. The molecule has 2 aromatic rings. The Morgan fingerprint density at radius 1 is 0.481 bits per heavy atom. The van der Waals surface area contributed by atoms with E-state index in [-0.39, 0.29) is 0 Å². The average Bonchev–Trinajstić information content (AvgIpc) is 2.68. The van der Waals surface area contributed by atoms with Crippen molar-refractivity contribution in [2.75, 3.05) is 0 Å². The van der Waals surface area contributed by atoms with Crippen LogP contribution < -0.4 is 0 Å². The molecule has 0 radical (unpaired) electrons. The Morgan fingerprint density at radius 2 is 0.963 bits per heavy atom. The molecule has 3 rings (SSSR count). The van der Waals surface area contributed by atoms with Crippen LogP contribution in [0.2, 0.25) is 0 Å². The first-order valence-corrected chi connectivity index (χ1v) is 10.4. The van der Waals surface area contributed by atoms with Crippen molar-refractivity contribution < 1.29 is 9.59 Å². The maximum absolute atomic E-state index is 12.5. The Balaban J connectivity index is 1.85. The molecular formula is C25H30O2. The second kappa shape index (κ2) is 10.2. The maximum atomic E-state index is 12.5. The number of rotatable bonds is 0. The Bertz CT molecular complexity index is 775. The molecule has 2 heteroatoms. The molecule has 0 fully saturated rings. The molecule has 0 heterocycles.